The molecule has 0 spiro atoms. The molecule has 0 radical (unpaired) electrons. The number of benzene rings is 1. The van der Waals surface area contributed by atoms with Crippen molar-refractivity contribution >= 4 is 22.6 Å². The fourth-order valence-electron chi connectivity index (χ4n) is 4.04. The van der Waals surface area contributed by atoms with Crippen LogP contribution in [0, 0.1) is 5.92 Å². The van der Waals surface area contributed by atoms with Gasteiger partial charge in [0.2, 0.25) is 11.8 Å². The molecule has 1 amide bonds. The van der Waals surface area contributed by atoms with Crippen molar-refractivity contribution in [3.05, 3.63) is 42.7 Å². The van der Waals surface area contributed by atoms with Gasteiger partial charge < -0.3 is 19.3 Å². The first-order valence-corrected chi connectivity index (χ1v) is 11.5. The molecule has 0 bridgehead atoms. The molecule has 1 saturated carbocycles. The lowest BCUT2D eigenvalue weighted by Gasteiger charge is -2.33. The number of pyridine rings is 1. The number of rotatable bonds is 7. The van der Waals surface area contributed by atoms with Crippen molar-refractivity contribution in [2.45, 2.75) is 25.4 Å². The monoisotopic (exact) mass is 447 g/mol. The van der Waals surface area contributed by atoms with Gasteiger partial charge in [-0.2, -0.15) is 0 Å². The summed E-state index contributed by atoms with van der Waals surface area (Å²) in [7, 11) is 4.03. The summed E-state index contributed by atoms with van der Waals surface area (Å²) >= 11 is 0. The Hall–Kier alpha value is -3.26. The van der Waals surface area contributed by atoms with Gasteiger partial charge in [0.15, 0.2) is 5.52 Å². The highest BCUT2D eigenvalue weighted by Crippen LogP contribution is 2.33. The molecule has 2 fully saturated rings. The number of anilines is 1. The van der Waals surface area contributed by atoms with Gasteiger partial charge in [-0.1, -0.05) is 12.1 Å². The number of hydrogen-bond donors (Lipinski definition) is 0. The lowest BCUT2D eigenvalue weighted by Crippen LogP contribution is -2.47. The molecule has 3 aromatic rings. The number of aromatic nitrogens is 3. The van der Waals surface area contributed by atoms with Crippen LogP contribution in [-0.2, 0) is 9.53 Å². The first kappa shape index (κ1) is 21.6. The smallest absolute Gasteiger partial charge is 0.242 e. The average molecular weight is 448 g/mol. The fraction of sp³-hybridized carbons (Fsp3) is 0.440. The Morgan fingerprint density at radius 1 is 1.18 bits per heavy atom. The second-order valence-corrected chi connectivity index (χ2v) is 8.97. The van der Waals surface area contributed by atoms with E-state index >= 15 is 0 Å². The summed E-state index contributed by atoms with van der Waals surface area (Å²) in [6, 6.07) is 10.1. The molecule has 0 N–H and O–H groups in total. The standard InChI is InChI=1S/C25H29N5O3/c1-29(2)19-7-5-18(6-8-19)21-14-22-24(27-10-9-26-22)25(28-21)33-16-20-15-30(11-12-32-20)23(31)13-17-3-4-17/h5-10,14,17,20H,3-4,11-13,15-16H2,1-2H3/t20-/m0/s1. The zero-order valence-electron chi connectivity index (χ0n) is 19.1. The lowest BCUT2D eigenvalue weighted by atomic mass is 10.1. The van der Waals surface area contributed by atoms with Crippen LogP contribution in [0.4, 0.5) is 5.69 Å². The van der Waals surface area contributed by atoms with E-state index in [9.17, 15) is 4.79 Å². The number of nitrogens with zero attached hydrogens (tertiary/aromatic N) is 5. The molecule has 8 nitrogen and oxygen atoms in total. The summed E-state index contributed by atoms with van der Waals surface area (Å²) in [5, 5.41) is 0. The van der Waals surface area contributed by atoms with Crippen LogP contribution in [0.2, 0.25) is 0 Å². The SMILES string of the molecule is CN(C)c1ccc(-c2cc3nccnc3c(OC[C@@H]3CN(C(=O)CC4CC4)CCO3)n2)cc1. The minimum atomic E-state index is -0.196. The minimum Gasteiger partial charge on any atom is -0.473 e. The molecule has 1 atom stereocenters. The number of carbonyl (C=O) groups is 1. The fourth-order valence-corrected chi connectivity index (χ4v) is 4.04. The number of fused-ring (bicyclic) bond motifs is 1. The Morgan fingerprint density at radius 3 is 2.73 bits per heavy atom. The van der Waals surface area contributed by atoms with Gasteiger partial charge in [-0.15, -0.1) is 0 Å². The predicted molar refractivity (Wildman–Crippen MR) is 126 cm³/mol. The molecule has 172 valence electrons. The third-order valence-electron chi connectivity index (χ3n) is 6.16. The van der Waals surface area contributed by atoms with Crippen LogP contribution in [0.15, 0.2) is 42.7 Å². The van der Waals surface area contributed by atoms with E-state index in [0.717, 1.165) is 22.5 Å². The maximum absolute atomic E-state index is 12.5. The molecule has 33 heavy (non-hydrogen) atoms. The first-order valence-electron chi connectivity index (χ1n) is 11.5. The summed E-state index contributed by atoms with van der Waals surface area (Å²) in [5.41, 5.74) is 4.20. The molecule has 2 aliphatic rings. The Kier molecular flexibility index (Phi) is 6.09. The topological polar surface area (TPSA) is 80.7 Å². The Labute approximate surface area is 193 Å². The van der Waals surface area contributed by atoms with Crippen molar-refractivity contribution in [1.29, 1.82) is 0 Å². The van der Waals surface area contributed by atoms with E-state index in [0.29, 0.717) is 50.0 Å². The Morgan fingerprint density at radius 2 is 1.97 bits per heavy atom. The van der Waals surface area contributed by atoms with Crippen molar-refractivity contribution in [3.8, 4) is 17.1 Å². The molecular formula is C25H29N5O3. The van der Waals surface area contributed by atoms with Gasteiger partial charge in [0, 0.05) is 50.7 Å². The molecular weight excluding hydrogens is 418 g/mol. The van der Waals surface area contributed by atoms with Crippen LogP contribution < -0.4 is 9.64 Å². The van der Waals surface area contributed by atoms with Crippen molar-refractivity contribution in [2.75, 3.05) is 45.3 Å². The number of ether oxygens (including phenoxy) is 2. The van der Waals surface area contributed by atoms with Crippen molar-refractivity contribution in [2.24, 2.45) is 5.92 Å². The van der Waals surface area contributed by atoms with Crippen LogP contribution in [0.1, 0.15) is 19.3 Å². The van der Waals surface area contributed by atoms with Crippen molar-refractivity contribution < 1.29 is 14.3 Å². The number of carbonyl (C=O) groups excluding carboxylic acids is 1. The molecule has 1 aliphatic carbocycles. The molecule has 2 aromatic heterocycles. The van der Waals surface area contributed by atoms with Gasteiger partial charge in [-0.05, 0) is 37.0 Å². The molecule has 1 saturated heterocycles. The van der Waals surface area contributed by atoms with E-state index in [1.807, 2.05) is 37.2 Å². The predicted octanol–water partition coefficient (Wildman–Crippen LogP) is 3.16. The van der Waals surface area contributed by atoms with Crippen LogP contribution in [0.5, 0.6) is 5.88 Å². The molecule has 1 aliphatic heterocycles. The summed E-state index contributed by atoms with van der Waals surface area (Å²) < 4.78 is 12.0. The van der Waals surface area contributed by atoms with Crippen LogP contribution >= 0.6 is 0 Å². The van der Waals surface area contributed by atoms with Crippen LogP contribution in [0.3, 0.4) is 0 Å². The van der Waals surface area contributed by atoms with Gasteiger partial charge in [0.1, 0.15) is 12.7 Å². The highest BCUT2D eigenvalue weighted by molar-refractivity contribution is 5.83. The lowest BCUT2D eigenvalue weighted by molar-refractivity contribution is -0.140. The largest absolute Gasteiger partial charge is 0.473 e. The quantitative estimate of drug-likeness (QED) is 0.550. The molecule has 0 unspecified atom stereocenters. The van der Waals surface area contributed by atoms with E-state index in [1.165, 1.54) is 12.8 Å². The van der Waals surface area contributed by atoms with Crippen LogP contribution in [0.25, 0.3) is 22.3 Å². The highest BCUT2D eigenvalue weighted by Gasteiger charge is 2.30. The van der Waals surface area contributed by atoms with E-state index in [1.54, 1.807) is 12.4 Å². The van der Waals surface area contributed by atoms with Gasteiger partial charge in [0.05, 0.1) is 24.4 Å². The van der Waals surface area contributed by atoms with E-state index < -0.39 is 0 Å². The van der Waals surface area contributed by atoms with Gasteiger partial charge in [-0.3, -0.25) is 9.78 Å². The normalized spacial score (nSPS) is 18.4. The molecule has 1 aromatic carbocycles. The third-order valence-corrected chi connectivity index (χ3v) is 6.16. The average Bonchev–Trinajstić information content (AvgIpc) is 3.66. The third kappa shape index (κ3) is 5.06. The summed E-state index contributed by atoms with van der Waals surface area (Å²) in [6.45, 7) is 2.01. The first-order chi connectivity index (χ1) is 16.1. The Bertz CT molecular complexity index is 1130. The highest BCUT2D eigenvalue weighted by atomic mass is 16.5. The van der Waals surface area contributed by atoms with Crippen LogP contribution in [-0.4, -0.2) is 72.3 Å². The number of amides is 1. The molecule has 8 heteroatoms. The maximum Gasteiger partial charge on any atom is 0.242 e. The second kappa shape index (κ2) is 9.31. The van der Waals surface area contributed by atoms with Crippen molar-refractivity contribution in [3.63, 3.8) is 0 Å². The number of hydrogen-bond acceptors (Lipinski definition) is 7. The zero-order chi connectivity index (χ0) is 22.8. The minimum absolute atomic E-state index is 0.196. The number of morpholine rings is 1. The van der Waals surface area contributed by atoms with Crippen molar-refractivity contribution in [1.82, 2.24) is 19.9 Å². The van der Waals surface area contributed by atoms with Gasteiger partial charge in [0.25, 0.3) is 0 Å². The van der Waals surface area contributed by atoms with E-state index in [-0.39, 0.29) is 12.0 Å². The summed E-state index contributed by atoms with van der Waals surface area (Å²) in [5.74, 6) is 1.24. The summed E-state index contributed by atoms with van der Waals surface area (Å²) in [6.07, 6.45) is 6.12. The molecule has 5 rings (SSSR count). The molecule has 3 heterocycles. The summed E-state index contributed by atoms with van der Waals surface area (Å²) in [4.78, 5) is 30.1. The maximum atomic E-state index is 12.5. The Balaban J connectivity index is 1.33. The van der Waals surface area contributed by atoms with Gasteiger partial charge >= 0.3 is 0 Å². The van der Waals surface area contributed by atoms with E-state index in [2.05, 4.69) is 27.0 Å². The van der Waals surface area contributed by atoms with E-state index in [4.69, 9.17) is 14.5 Å². The zero-order valence-corrected chi connectivity index (χ0v) is 19.1. The van der Waals surface area contributed by atoms with Gasteiger partial charge in [-0.25, -0.2) is 9.97 Å². The second-order valence-electron chi connectivity index (χ2n) is 8.97.